The number of thioether (sulfide) groups is 1. The van der Waals surface area contributed by atoms with Crippen molar-refractivity contribution in [2.45, 2.75) is 31.0 Å². The maximum atomic E-state index is 5.87. The maximum Gasteiger partial charge on any atom is 0.226 e. The third-order valence-electron chi connectivity index (χ3n) is 4.73. The Morgan fingerprint density at radius 1 is 1.07 bits per heavy atom. The fourth-order valence-electron chi connectivity index (χ4n) is 3.29. The van der Waals surface area contributed by atoms with Crippen LogP contribution in [0.4, 0.5) is 0 Å². The van der Waals surface area contributed by atoms with Crippen molar-refractivity contribution in [3.05, 3.63) is 66.0 Å². The first kappa shape index (κ1) is 17.1. The van der Waals surface area contributed by atoms with Crippen molar-refractivity contribution in [2.75, 3.05) is 0 Å². The van der Waals surface area contributed by atoms with Crippen LogP contribution in [0.3, 0.4) is 0 Å². The second-order valence-electron chi connectivity index (χ2n) is 6.49. The number of benzene rings is 1. The average Bonchev–Trinajstić information content (AvgIpc) is 3.41. The number of nitrogens with zero attached hydrogens (tertiary/aromatic N) is 4. The number of oxazole rings is 1. The van der Waals surface area contributed by atoms with Crippen LogP contribution in [0.15, 0.2) is 62.6 Å². The molecule has 0 atom stereocenters. The molecule has 0 bridgehead atoms. The highest BCUT2D eigenvalue weighted by Crippen LogP contribution is 2.32. The third kappa shape index (κ3) is 2.79. The SMILES string of the molecule is CCc1nnc(SCc2nc(-c3ccccc3)oc2C)c2cc3occc3n12. The fourth-order valence-corrected chi connectivity index (χ4v) is 4.23. The average molecular weight is 390 g/mol. The van der Waals surface area contributed by atoms with Gasteiger partial charge in [0.15, 0.2) is 5.58 Å². The first-order valence-corrected chi connectivity index (χ1v) is 10.1. The molecule has 28 heavy (non-hydrogen) atoms. The molecular formula is C21H18N4O2S. The summed E-state index contributed by atoms with van der Waals surface area (Å²) in [7, 11) is 0. The van der Waals surface area contributed by atoms with Gasteiger partial charge in [-0.25, -0.2) is 4.98 Å². The van der Waals surface area contributed by atoms with Crippen molar-refractivity contribution in [3.63, 3.8) is 0 Å². The van der Waals surface area contributed by atoms with Gasteiger partial charge >= 0.3 is 0 Å². The highest BCUT2D eigenvalue weighted by Gasteiger charge is 2.17. The van der Waals surface area contributed by atoms with E-state index in [4.69, 9.17) is 8.83 Å². The molecule has 4 aromatic heterocycles. The number of aryl methyl sites for hydroxylation is 2. The van der Waals surface area contributed by atoms with Crippen LogP contribution < -0.4 is 0 Å². The maximum absolute atomic E-state index is 5.87. The lowest BCUT2D eigenvalue weighted by atomic mass is 10.2. The first-order valence-electron chi connectivity index (χ1n) is 9.13. The number of fused-ring (bicyclic) bond motifs is 3. The molecule has 5 rings (SSSR count). The summed E-state index contributed by atoms with van der Waals surface area (Å²) >= 11 is 1.60. The van der Waals surface area contributed by atoms with Gasteiger partial charge in [0, 0.05) is 29.9 Å². The predicted molar refractivity (Wildman–Crippen MR) is 108 cm³/mol. The van der Waals surface area contributed by atoms with Gasteiger partial charge in [0.1, 0.15) is 16.6 Å². The molecule has 4 heterocycles. The van der Waals surface area contributed by atoms with Gasteiger partial charge in [0.25, 0.3) is 0 Å². The van der Waals surface area contributed by atoms with E-state index >= 15 is 0 Å². The summed E-state index contributed by atoms with van der Waals surface area (Å²) in [5, 5.41) is 9.73. The van der Waals surface area contributed by atoms with E-state index < -0.39 is 0 Å². The minimum atomic E-state index is 0.645. The molecule has 0 spiro atoms. The largest absolute Gasteiger partial charge is 0.463 e. The molecule has 0 fully saturated rings. The van der Waals surface area contributed by atoms with Crippen molar-refractivity contribution in [2.24, 2.45) is 0 Å². The molecule has 0 radical (unpaired) electrons. The molecule has 1 aromatic carbocycles. The minimum Gasteiger partial charge on any atom is -0.463 e. The second kappa shape index (κ2) is 6.83. The van der Waals surface area contributed by atoms with E-state index in [1.165, 1.54) is 0 Å². The molecule has 0 aliphatic carbocycles. The van der Waals surface area contributed by atoms with Gasteiger partial charge in [-0.05, 0) is 19.1 Å². The predicted octanol–water partition coefficient (Wildman–Crippen LogP) is 5.29. The lowest BCUT2D eigenvalue weighted by Crippen LogP contribution is -2.03. The highest BCUT2D eigenvalue weighted by molar-refractivity contribution is 7.98. The zero-order valence-electron chi connectivity index (χ0n) is 15.5. The normalized spacial score (nSPS) is 11.6. The Bertz CT molecular complexity index is 1270. The number of aromatic nitrogens is 4. The quantitative estimate of drug-likeness (QED) is 0.380. The van der Waals surface area contributed by atoms with E-state index in [-0.39, 0.29) is 0 Å². The summed E-state index contributed by atoms with van der Waals surface area (Å²) in [6.45, 7) is 4.02. The summed E-state index contributed by atoms with van der Waals surface area (Å²) in [5.41, 5.74) is 4.76. The standard InChI is InChI=1S/C21H18N4O2S/c1-3-19-23-24-21(17-11-18-16(25(17)19)9-10-26-18)28-12-15-13(2)27-20(22-15)14-7-5-4-6-8-14/h4-11H,3,12H2,1-2H3. The molecule has 0 N–H and O–H groups in total. The van der Waals surface area contributed by atoms with E-state index in [0.29, 0.717) is 11.6 Å². The van der Waals surface area contributed by atoms with Gasteiger partial charge in [0.2, 0.25) is 5.89 Å². The van der Waals surface area contributed by atoms with Gasteiger partial charge < -0.3 is 8.83 Å². The van der Waals surface area contributed by atoms with E-state index in [2.05, 4.69) is 26.5 Å². The Balaban J connectivity index is 1.48. The highest BCUT2D eigenvalue weighted by atomic mass is 32.2. The Kier molecular flexibility index (Phi) is 4.16. The van der Waals surface area contributed by atoms with Crippen LogP contribution in [-0.4, -0.2) is 19.6 Å². The zero-order valence-corrected chi connectivity index (χ0v) is 16.4. The molecule has 7 heteroatoms. The molecule has 0 unspecified atom stereocenters. The molecule has 0 aliphatic rings. The van der Waals surface area contributed by atoms with Gasteiger partial charge in [-0.3, -0.25) is 4.40 Å². The Morgan fingerprint density at radius 2 is 1.93 bits per heavy atom. The Hall–Kier alpha value is -3.06. The van der Waals surface area contributed by atoms with Crippen LogP contribution in [0.1, 0.15) is 24.2 Å². The molecule has 0 amide bonds. The van der Waals surface area contributed by atoms with Crippen LogP contribution in [0.25, 0.3) is 28.1 Å². The summed E-state index contributed by atoms with van der Waals surface area (Å²) < 4.78 is 13.6. The number of furan rings is 1. The van der Waals surface area contributed by atoms with Crippen LogP contribution >= 0.6 is 11.8 Å². The number of hydrogen-bond donors (Lipinski definition) is 0. The van der Waals surface area contributed by atoms with Gasteiger partial charge in [0.05, 0.1) is 23.0 Å². The number of rotatable bonds is 5. The summed E-state index contributed by atoms with van der Waals surface area (Å²) in [5.74, 6) is 3.04. The smallest absolute Gasteiger partial charge is 0.226 e. The molecular weight excluding hydrogens is 372 g/mol. The molecule has 5 aromatic rings. The van der Waals surface area contributed by atoms with E-state index in [1.807, 2.05) is 49.4 Å². The Labute approximate surface area is 165 Å². The van der Waals surface area contributed by atoms with Crippen LogP contribution in [-0.2, 0) is 12.2 Å². The second-order valence-corrected chi connectivity index (χ2v) is 7.45. The monoisotopic (exact) mass is 390 g/mol. The van der Waals surface area contributed by atoms with Crippen LogP contribution in [0.5, 0.6) is 0 Å². The lowest BCUT2D eigenvalue weighted by Gasteiger charge is -2.06. The third-order valence-corrected chi connectivity index (χ3v) is 5.71. The minimum absolute atomic E-state index is 0.645. The van der Waals surface area contributed by atoms with Crippen molar-refractivity contribution < 1.29 is 8.83 Å². The van der Waals surface area contributed by atoms with Crippen LogP contribution in [0.2, 0.25) is 0 Å². The first-order chi connectivity index (χ1) is 13.7. The lowest BCUT2D eigenvalue weighted by molar-refractivity contribution is 0.540. The van der Waals surface area contributed by atoms with Crippen molar-refractivity contribution in [3.8, 4) is 11.5 Å². The van der Waals surface area contributed by atoms with Gasteiger partial charge in [-0.15, -0.1) is 10.2 Å². The van der Waals surface area contributed by atoms with Crippen molar-refractivity contribution in [1.29, 1.82) is 0 Å². The summed E-state index contributed by atoms with van der Waals surface area (Å²) in [6.07, 6.45) is 2.50. The topological polar surface area (TPSA) is 69.4 Å². The van der Waals surface area contributed by atoms with Crippen LogP contribution in [0, 0.1) is 6.92 Å². The zero-order chi connectivity index (χ0) is 19.1. The van der Waals surface area contributed by atoms with E-state index in [1.54, 1.807) is 18.0 Å². The summed E-state index contributed by atoms with van der Waals surface area (Å²) in [6, 6.07) is 13.9. The molecule has 0 saturated carbocycles. The van der Waals surface area contributed by atoms with Gasteiger partial charge in [-0.1, -0.05) is 36.9 Å². The number of hydrogen-bond acceptors (Lipinski definition) is 6. The van der Waals surface area contributed by atoms with Crippen molar-refractivity contribution >= 4 is 28.4 Å². The molecule has 6 nitrogen and oxygen atoms in total. The fraction of sp³-hybridized carbons (Fsp3) is 0.190. The molecule has 0 aliphatic heterocycles. The molecule has 140 valence electrons. The summed E-state index contributed by atoms with van der Waals surface area (Å²) in [4.78, 5) is 4.68. The van der Waals surface area contributed by atoms with E-state index in [9.17, 15) is 0 Å². The molecule has 0 saturated heterocycles. The Morgan fingerprint density at radius 3 is 2.75 bits per heavy atom. The van der Waals surface area contributed by atoms with Crippen molar-refractivity contribution in [1.82, 2.24) is 19.6 Å². The van der Waals surface area contributed by atoms with E-state index in [0.717, 1.165) is 50.9 Å². The van der Waals surface area contributed by atoms with Gasteiger partial charge in [-0.2, -0.15) is 0 Å².